The number of nitrogens with zero attached hydrogens (tertiary/aromatic N) is 1. The van der Waals surface area contributed by atoms with Crippen LogP contribution in [0.3, 0.4) is 0 Å². The number of rotatable bonds is 5. The van der Waals surface area contributed by atoms with Gasteiger partial charge in [-0.3, -0.25) is 9.79 Å². The standard InChI is InChI=1S/C13H17NO3/c1-4-17-13(15)8-10(2)14-11-6-5-7-12(9-11)16-3/h5-7,9H,4,8H2,1-3H3. The highest BCUT2D eigenvalue weighted by Crippen LogP contribution is 2.19. The smallest absolute Gasteiger partial charge is 0.311 e. The Bertz CT molecular complexity index is 413. The van der Waals surface area contributed by atoms with Gasteiger partial charge in [-0.25, -0.2) is 0 Å². The van der Waals surface area contributed by atoms with Crippen molar-refractivity contribution in [2.45, 2.75) is 20.3 Å². The van der Waals surface area contributed by atoms with Gasteiger partial charge in [0, 0.05) is 11.8 Å². The predicted molar refractivity (Wildman–Crippen MR) is 67.0 cm³/mol. The Morgan fingerprint density at radius 1 is 1.41 bits per heavy atom. The van der Waals surface area contributed by atoms with E-state index in [1.165, 1.54) is 0 Å². The maximum Gasteiger partial charge on any atom is 0.311 e. The van der Waals surface area contributed by atoms with E-state index in [-0.39, 0.29) is 12.4 Å². The van der Waals surface area contributed by atoms with Crippen LogP contribution in [0.25, 0.3) is 0 Å². The highest BCUT2D eigenvalue weighted by atomic mass is 16.5. The van der Waals surface area contributed by atoms with Crippen molar-refractivity contribution in [1.82, 2.24) is 0 Å². The Morgan fingerprint density at radius 2 is 2.18 bits per heavy atom. The molecule has 0 saturated heterocycles. The van der Waals surface area contributed by atoms with Crippen molar-refractivity contribution in [3.63, 3.8) is 0 Å². The van der Waals surface area contributed by atoms with Crippen molar-refractivity contribution in [3.8, 4) is 5.75 Å². The van der Waals surface area contributed by atoms with Gasteiger partial charge in [-0.1, -0.05) is 6.07 Å². The topological polar surface area (TPSA) is 47.9 Å². The molecule has 0 saturated carbocycles. The molecule has 0 spiro atoms. The van der Waals surface area contributed by atoms with E-state index < -0.39 is 0 Å². The largest absolute Gasteiger partial charge is 0.497 e. The molecule has 0 fully saturated rings. The Kier molecular flexibility index (Phi) is 5.20. The Labute approximate surface area is 101 Å². The first-order chi connectivity index (χ1) is 8.15. The van der Waals surface area contributed by atoms with E-state index in [1.807, 2.05) is 24.3 Å². The summed E-state index contributed by atoms with van der Waals surface area (Å²) in [5.41, 5.74) is 1.49. The number of esters is 1. The van der Waals surface area contributed by atoms with Gasteiger partial charge in [0.2, 0.25) is 0 Å². The molecule has 0 atom stereocenters. The number of methoxy groups -OCH3 is 1. The summed E-state index contributed by atoms with van der Waals surface area (Å²) >= 11 is 0. The minimum atomic E-state index is -0.253. The molecule has 0 aliphatic rings. The molecule has 0 aliphatic heterocycles. The van der Waals surface area contributed by atoms with Crippen molar-refractivity contribution in [1.29, 1.82) is 0 Å². The lowest BCUT2D eigenvalue weighted by atomic mass is 10.2. The first kappa shape index (κ1) is 13.2. The summed E-state index contributed by atoms with van der Waals surface area (Å²) in [5.74, 6) is 0.492. The second-order valence-electron chi connectivity index (χ2n) is 3.53. The highest BCUT2D eigenvalue weighted by molar-refractivity contribution is 5.98. The van der Waals surface area contributed by atoms with Crippen LogP contribution in [0, 0.1) is 0 Å². The van der Waals surface area contributed by atoms with Crippen molar-refractivity contribution >= 4 is 17.4 Å². The van der Waals surface area contributed by atoms with E-state index in [4.69, 9.17) is 9.47 Å². The maximum atomic E-state index is 11.2. The molecule has 0 radical (unpaired) electrons. The van der Waals surface area contributed by atoms with Crippen LogP contribution >= 0.6 is 0 Å². The van der Waals surface area contributed by atoms with E-state index in [2.05, 4.69) is 4.99 Å². The fourth-order valence-electron chi connectivity index (χ4n) is 1.36. The summed E-state index contributed by atoms with van der Waals surface area (Å²) in [7, 11) is 1.61. The summed E-state index contributed by atoms with van der Waals surface area (Å²) in [5, 5.41) is 0. The fourth-order valence-corrected chi connectivity index (χ4v) is 1.36. The molecule has 0 heterocycles. The SMILES string of the molecule is CCOC(=O)CC(C)=Nc1cccc(OC)c1. The van der Waals surface area contributed by atoms with Crippen molar-refractivity contribution in [2.24, 2.45) is 4.99 Å². The summed E-state index contributed by atoms with van der Waals surface area (Å²) < 4.78 is 9.95. The van der Waals surface area contributed by atoms with E-state index in [0.717, 1.165) is 17.1 Å². The molecule has 0 amide bonds. The van der Waals surface area contributed by atoms with Gasteiger partial charge in [0.15, 0.2) is 0 Å². The number of hydrogen-bond acceptors (Lipinski definition) is 4. The van der Waals surface area contributed by atoms with Crippen LogP contribution in [0.15, 0.2) is 29.3 Å². The van der Waals surface area contributed by atoms with Gasteiger partial charge >= 0.3 is 5.97 Å². The molecule has 4 nitrogen and oxygen atoms in total. The molecule has 0 aromatic heterocycles. The molecular weight excluding hydrogens is 218 g/mol. The lowest BCUT2D eigenvalue weighted by Gasteiger charge is -2.03. The van der Waals surface area contributed by atoms with Crippen molar-refractivity contribution in [3.05, 3.63) is 24.3 Å². The number of ether oxygens (including phenoxy) is 2. The van der Waals surface area contributed by atoms with Crippen molar-refractivity contribution < 1.29 is 14.3 Å². The van der Waals surface area contributed by atoms with Gasteiger partial charge in [-0.15, -0.1) is 0 Å². The van der Waals surface area contributed by atoms with Crippen LogP contribution in [-0.2, 0) is 9.53 Å². The van der Waals surface area contributed by atoms with Gasteiger partial charge in [-0.2, -0.15) is 0 Å². The molecular formula is C13H17NO3. The number of aliphatic imine (C=N–C) groups is 1. The highest BCUT2D eigenvalue weighted by Gasteiger charge is 2.04. The first-order valence-corrected chi connectivity index (χ1v) is 5.49. The zero-order valence-corrected chi connectivity index (χ0v) is 10.4. The third-order valence-corrected chi connectivity index (χ3v) is 2.08. The minimum Gasteiger partial charge on any atom is -0.497 e. The molecule has 0 aliphatic carbocycles. The average molecular weight is 235 g/mol. The molecule has 0 bridgehead atoms. The lowest BCUT2D eigenvalue weighted by Crippen LogP contribution is -2.08. The number of carbonyl (C=O) groups is 1. The second-order valence-corrected chi connectivity index (χ2v) is 3.53. The number of benzene rings is 1. The van der Waals surface area contributed by atoms with Gasteiger partial charge in [-0.05, 0) is 26.0 Å². The van der Waals surface area contributed by atoms with Crippen LogP contribution < -0.4 is 4.74 Å². The van der Waals surface area contributed by atoms with Gasteiger partial charge < -0.3 is 9.47 Å². The third kappa shape index (κ3) is 4.68. The van der Waals surface area contributed by atoms with E-state index >= 15 is 0 Å². The van der Waals surface area contributed by atoms with Crippen LogP contribution in [0.1, 0.15) is 20.3 Å². The molecule has 1 aromatic rings. The predicted octanol–water partition coefficient (Wildman–Crippen LogP) is 2.74. The quantitative estimate of drug-likeness (QED) is 0.582. The monoisotopic (exact) mass is 235 g/mol. The molecule has 0 unspecified atom stereocenters. The Hall–Kier alpha value is -1.84. The normalized spacial score (nSPS) is 11.1. The second kappa shape index (κ2) is 6.68. The maximum absolute atomic E-state index is 11.2. The summed E-state index contributed by atoms with van der Waals surface area (Å²) in [6, 6.07) is 7.38. The summed E-state index contributed by atoms with van der Waals surface area (Å²) in [6.45, 7) is 3.98. The van der Waals surface area contributed by atoms with Crippen LogP contribution in [0.5, 0.6) is 5.75 Å². The fraction of sp³-hybridized carbons (Fsp3) is 0.385. The third-order valence-electron chi connectivity index (χ3n) is 2.08. The Balaban J connectivity index is 2.69. The zero-order chi connectivity index (χ0) is 12.7. The summed E-state index contributed by atoms with van der Waals surface area (Å²) in [4.78, 5) is 15.6. The first-order valence-electron chi connectivity index (χ1n) is 5.49. The van der Waals surface area contributed by atoms with Gasteiger partial charge in [0.05, 0.1) is 25.8 Å². The lowest BCUT2D eigenvalue weighted by molar-refractivity contribution is -0.141. The average Bonchev–Trinajstić information content (AvgIpc) is 2.29. The number of hydrogen-bond donors (Lipinski definition) is 0. The van der Waals surface area contributed by atoms with Gasteiger partial charge in [0.25, 0.3) is 0 Å². The van der Waals surface area contributed by atoms with Gasteiger partial charge in [0.1, 0.15) is 5.75 Å². The molecule has 4 heteroatoms. The zero-order valence-electron chi connectivity index (χ0n) is 10.4. The Morgan fingerprint density at radius 3 is 2.82 bits per heavy atom. The molecule has 1 rings (SSSR count). The molecule has 92 valence electrons. The van der Waals surface area contributed by atoms with E-state index in [1.54, 1.807) is 21.0 Å². The molecule has 17 heavy (non-hydrogen) atoms. The van der Waals surface area contributed by atoms with Crippen LogP contribution in [-0.4, -0.2) is 25.4 Å². The van der Waals surface area contributed by atoms with E-state index in [9.17, 15) is 4.79 Å². The number of carbonyl (C=O) groups excluding carboxylic acids is 1. The van der Waals surface area contributed by atoms with Crippen LogP contribution in [0.4, 0.5) is 5.69 Å². The van der Waals surface area contributed by atoms with E-state index in [0.29, 0.717) is 6.61 Å². The molecule has 0 N–H and O–H groups in total. The van der Waals surface area contributed by atoms with Crippen molar-refractivity contribution in [2.75, 3.05) is 13.7 Å². The molecule has 1 aromatic carbocycles. The minimum absolute atomic E-state index is 0.213. The summed E-state index contributed by atoms with van der Waals surface area (Å²) in [6.07, 6.45) is 0.213. The van der Waals surface area contributed by atoms with Crippen LogP contribution in [0.2, 0.25) is 0 Å².